The summed E-state index contributed by atoms with van der Waals surface area (Å²) in [5.74, 6) is 0.884. The van der Waals surface area contributed by atoms with E-state index in [1.165, 1.54) is 18.0 Å². The van der Waals surface area contributed by atoms with Gasteiger partial charge in [-0.3, -0.25) is 0 Å². The zero-order chi connectivity index (χ0) is 12.8. The Labute approximate surface area is 111 Å². The summed E-state index contributed by atoms with van der Waals surface area (Å²) in [6.45, 7) is 3.67. The van der Waals surface area contributed by atoms with Crippen molar-refractivity contribution in [2.45, 2.75) is 37.3 Å². The van der Waals surface area contributed by atoms with Crippen LogP contribution in [-0.2, 0) is 4.74 Å². The molecule has 1 aliphatic heterocycles. The highest BCUT2D eigenvalue weighted by atomic mass is 32.2. The lowest BCUT2D eigenvalue weighted by Crippen LogP contribution is -2.09. The van der Waals surface area contributed by atoms with Gasteiger partial charge in [0, 0.05) is 18.9 Å². The second-order valence-electron chi connectivity index (χ2n) is 4.22. The predicted octanol–water partition coefficient (Wildman–Crippen LogP) is 2.71. The van der Waals surface area contributed by atoms with Crippen LogP contribution in [0.3, 0.4) is 0 Å². The van der Waals surface area contributed by atoms with Crippen LogP contribution >= 0.6 is 11.8 Å². The number of nitrogens with one attached hydrogen (secondary N) is 1. The van der Waals surface area contributed by atoms with E-state index in [4.69, 9.17) is 4.74 Å². The van der Waals surface area contributed by atoms with Crippen molar-refractivity contribution in [3.05, 3.63) is 12.0 Å². The molecule has 2 rings (SSSR count). The minimum atomic E-state index is -0.361. The quantitative estimate of drug-likeness (QED) is 0.636. The summed E-state index contributed by atoms with van der Waals surface area (Å²) in [6.07, 6.45) is 4.60. The molecule has 0 aliphatic carbocycles. The maximum atomic E-state index is 13.6. The Morgan fingerprint density at radius 2 is 2.50 bits per heavy atom. The number of aromatic nitrogens is 2. The summed E-state index contributed by atoms with van der Waals surface area (Å²) in [4.78, 5) is 8.10. The summed E-state index contributed by atoms with van der Waals surface area (Å²) in [5.41, 5.74) is 0. The van der Waals surface area contributed by atoms with Gasteiger partial charge in [0.25, 0.3) is 0 Å². The van der Waals surface area contributed by atoms with Crippen molar-refractivity contribution in [3.63, 3.8) is 0 Å². The van der Waals surface area contributed by atoms with Crippen LogP contribution in [0.1, 0.15) is 26.2 Å². The zero-order valence-electron chi connectivity index (χ0n) is 10.5. The Bertz CT molecular complexity index is 386. The Hall–Kier alpha value is -0.880. The van der Waals surface area contributed by atoms with Gasteiger partial charge in [0.05, 0.1) is 12.3 Å². The molecule has 2 heterocycles. The molecule has 0 radical (unpaired) electrons. The first-order valence-corrected chi connectivity index (χ1v) is 7.29. The van der Waals surface area contributed by atoms with E-state index in [0.717, 1.165) is 38.2 Å². The highest BCUT2D eigenvalue weighted by Gasteiger charge is 2.17. The number of anilines is 1. The van der Waals surface area contributed by atoms with Crippen LogP contribution in [0.5, 0.6) is 0 Å². The second-order valence-corrected chi connectivity index (χ2v) is 5.23. The van der Waals surface area contributed by atoms with Gasteiger partial charge in [0.15, 0.2) is 5.82 Å². The fourth-order valence-corrected chi connectivity index (χ4v) is 2.67. The maximum absolute atomic E-state index is 13.6. The number of ether oxygens (including phenoxy) is 1. The smallest absolute Gasteiger partial charge is 0.223 e. The van der Waals surface area contributed by atoms with Gasteiger partial charge in [0.2, 0.25) is 5.95 Å². The van der Waals surface area contributed by atoms with Gasteiger partial charge in [-0.2, -0.15) is 0 Å². The number of hydrogen-bond donors (Lipinski definition) is 1. The van der Waals surface area contributed by atoms with Gasteiger partial charge in [-0.05, 0) is 19.3 Å². The van der Waals surface area contributed by atoms with E-state index in [-0.39, 0.29) is 11.9 Å². The topological polar surface area (TPSA) is 47.0 Å². The second kappa shape index (κ2) is 6.89. The van der Waals surface area contributed by atoms with Crippen molar-refractivity contribution in [3.8, 4) is 0 Å². The van der Waals surface area contributed by atoms with E-state index in [1.54, 1.807) is 0 Å². The summed E-state index contributed by atoms with van der Waals surface area (Å²) < 4.78 is 19.1. The average Bonchev–Trinajstić information content (AvgIpc) is 2.89. The molecule has 1 unspecified atom stereocenters. The summed E-state index contributed by atoms with van der Waals surface area (Å²) in [5, 5.41) is 3.46. The lowest BCUT2D eigenvalue weighted by atomic mass is 10.3. The summed E-state index contributed by atoms with van der Waals surface area (Å²) >= 11 is 1.40. The average molecular weight is 271 g/mol. The lowest BCUT2D eigenvalue weighted by molar-refractivity contribution is 0.129. The largest absolute Gasteiger partial charge is 0.377 e. The third kappa shape index (κ3) is 3.81. The molecule has 18 heavy (non-hydrogen) atoms. The zero-order valence-corrected chi connectivity index (χ0v) is 11.3. The SMILES string of the molecule is CCCNc1ncc(F)c(SCC2CCCO2)n1. The van der Waals surface area contributed by atoms with E-state index < -0.39 is 0 Å². The van der Waals surface area contributed by atoms with Gasteiger partial charge >= 0.3 is 0 Å². The minimum absolute atomic E-state index is 0.233. The van der Waals surface area contributed by atoms with Crippen molar-refractivity contribution in [1.82, 2.24) is 9.97 Å². The van der Waals surface area contributed by atoms with Crippen molar-refractivity contribution in [2.75, 3.05) is 24.2 Å². The van der Waals surface area contributed by atoms with E-state index in [1.807, 2.05) is 0 Å². The Balaban J connectivity index is 1.92. The normalized spacial score (nSPS) is 19.1. The molecular weight excluding hydrogens is 253 g/mol. The minimum Gasteiger partial charge on any atom is -0.377 e. The van der Waals surface area contributed by atoms with Crippen LogP contribution in [-0.4, -0.2) is 35.0 Å². The van der Waals surface area contributed by atoms with Crippen LogP contribution in [0.15, 0.2) is 11.2 Å². The van der Waals surface area contributed by atoms with Gasteiger partial charge in [-0.1, -0.05) is 6.92 Å². The van der Waals surface area contributed by atoms with Gasteiger partial charge in [-0.25, -0.2) is 14.4 Å². The molecular formula is C12H18FN3OS. The number of halogens is 1. The molecule has 1 aromatic heterocycles. The van der Waals surface area contributed by atoms with E-state index in [0.29, 0.717) is 11.0 Å². The first-order chi connectivity index (χ1) is 8.79. The van der Waals surface area contributed by atoms with Gasteiger partial charge in [0.1, 0.15) is 5.03 Å². The van der Waals surface area contributed by atoms with Crippen LogP contribution in [0.25, 0.3) is 0 Å². The molecule has 6 heteroatoms. The molecule has 4 nitrogen and oxygen atoms in total. The molecule has 1 aromatic rings. The first kappa shape index (κ1) is 13.5. The van der Waals surface area contributed by atoms with Gasteiger partial charge < -0.3 is 10.1 Å². The third-order valence-electron chi connectivity index (χ3n) is 2.67. The predicted molar refractivity (Wildman–Crippen MR) is 70.5 cm³/mol. The van der Waals surface area contributed by atoms with E-state index >= 15 is 0 Å². The molecule has 0 aromatic carbocycles. The number of rotatable bonds is 6. The fraction of sp³-hybridized carbons (Fsp3) is 0.667. The lowest BCUT2D eigenvalue weighted by Gasteiger charge is -2.09. The van der Waals surface area contributed by atoms with E-state index in [9.17, 15) is 4.39 Å². The standard InChI is InChI=1S/C12H18FN3OS/c1-2-5-14-12-15-7-10(13)11(16-12)18-8-9-4-3-6-17-9/h7,9H,2-6,8H2,1H3,(H,14,15,16). The molecule has 0 spiro atoms. The molecule has 0 bridgehead atoms. The molecule has 1 N–H and O–H groups in total. The molecule has 1 saturated heterocycles. The maximum Gasteiger partial charge on any atom is 0.223 e. The van der Waals surface area contributed by atoms with Crippen LogP contribution in [0.2, 0.25) is 0 Å². The van der Waals surface area contributed by atoms with Crippen LogP contribution in [0.4, 0.5) is 10.3 Å². The van der Waals surface area contributed by atoms with Crippen LogP contribution < -0.4 is 5.32 Å². The number of thioether (sulfide) groups is 1. The molecule has 0 amide bonds. The Morgan fingerprint density at radius 1 is 1.61 bits per heavy atom. The Kier molecular flexibility index (Phi) is 5.19. The summed E-state index contributed by atoms with van der Waals surface area (Å²) in [6, 6.07) is 0. The van der Waals surface area contributed by atoms with E-state index in [2.05, 4.69) is 22.2 Å². The van der Waals surface area contributed by atoms with Gasteiger partial charge in [-0.15, -0.1) is 11.8 Å². The van der Waals surface area contributed by atoms with Crippen molar-refractivity contribution in [1.29, 1.82) is 0 Å². The van der Waals surface area contributed by atoms with Crippen molar-refractivity contribution < 1.29 is 9.13 Å². The van der Waals surface area contributed by atoms with Crippen molar-refractivity contribution in [2.24, 2.45) is 0 Å². The highest BCUT2D eigenvalue weighted by molar-refractivity contribution is 7.99. The molecule has 0 saturated carbocycles. The first-order valence-electron chi connectivity index (χ1n) is 6.30. The molecule has 1 atom stereocenters. The molecule has 1 aliphatic rings. The molecule has 100 valence electrons. The monoisotopic (exact) mass is 271 g/mol. The third-order valence-corrected chi connectivity index (χ3v) is 3.77. The fourth-order valence-electron chi connectivity index (χ4n) is 1.72. The van der Waals surface area contributed by atoms with Crippen LogP contribution in [0, 0.1) is 5.82 Å². The van der Waals surface area contributed by atoms with Crippen molar-refractivity contribution >= 4 is 17.7 Å². The Morgan fingerprint density at radius 3 is 3.22 bits per heavy atom. The summed E-state index contributed by atoms with van der Waals surface area (Å²) in [7, 11) is 0. The highest BCUT2D eigenvalue weighted by Crippen LogP contribution is 2.24. The number of nitrogens with zero attached hydrogens (tertiary/aromatic N) is 2. The molecule has 1 fully saturated rings. The number of hydrogen-bond acceptors (Lipinski definition) is 5.